The molecule has 15 heavy (non-hydrogen) atoms. The lowest BCUT2D eigenvalue weighted by Crippen LogP contribution is -2.10. The molecular formula is C10H8O5. The zero-order chi connectivity index (χ0) is 11.0. The van der Waals surface area contributed by atoms with Crippen LogP contribution >= 0.6 is 0 Å². The third-order valence-electron chi connectivity index (χ3n) is 2.21. The predicted molar refractivity (Wildman–Crippen MR) is 48.8 cm³/mol. The van der Waals surface area contributed by atoms with E-state index in [2.05, 4.69) is 0 Å². The van der Waals surface area contributed by atoms with Gasteiger partial charge >= 0.3 is 11.9 Å². The number of hydrogen-bond acceptors (Lipinski definition) is 4. The van der Waals surface area contributed by atoms with Gasteiger partial charge in [-0.1, -0.05) is 6.07 Å². The minimum absolute atomic E-state index is 0.252. The number of carboxylic acids is 1. The van der Waals surface area contributed by atoms with Crippen LogP contribution in [0.1, 0.15) is 22.0 Å². The number of carbonyl (C=O) groups excluding carboxylic acids is 1. The molecule has 0 aliphatic carbocycles. The monoisotopic (exact) mass is 208 g/mol. The van der Waals surface area contributed by atoms with Gasteiger partial charge in [0.05, 0.1) is 12.7 Å². The molecule has 0 bridgehead atoms. The third-order valence-corrected chi connectivity index (χ3v) is 2.21. The molecule has 0 fully saturated rings. The molecule has 0 saturated carbocycles. The van der Waals surface area contributed by atoms with Gasteiger partial charge < -0.3 is 14.6 Å². The van der Waals surface area contributed by atoms with Gasteiger partial charge in [-0.25, -0.2) is 9.59 Å². The topological polar surface area (TPSA) is 72.8 Å². The van der Waals surface area contributed by atoms with Crippen molar-refractivity contribution in [1.82, 2.24) is 0 Å². The average Bonchev–Trinajstić information content (AvgIpc) is 2.56. The van der Waals surface area contributed by atoms with Gasteiger partial charge in [-0.15, -0.1) is 0 Å². The molecule has 1 heterocycles. The number of ether oxygens (including phenoxy) is 2. The fraction of sp³-hybridized carbons (Fsp3) is 0.200. The number of cyclic esters (lactones) is 1. The summed E-state index contributed by atoms with van der Waals surface area (Å²) in [7, 11) is 1.47. The van der Waals surface area contributed by atoms with Crippen molar-refractivity contribution in [1.29, 1.82) is 0 Å². The van der Waals surface area contributed by atoms with Gasteiger partial charge in [0, 0.05) is 5.56 Å². The largest absolute Gasteiger partial charge is 0.497 e. The number of esters is 1. The molecule has 1 aliphatic heterocycles. The molecule has 1 unspecified atom stereocenters. The lowest BCUT2D eigenvalue weighted by molar-refractivity contribution is -0.146. The lowest BCUT2D eigenvalue weighted by atomic mass is 10.1. The lowest BCUT2D eigenvalue weighted by Gasteiger charge is -2.04. The van der Waals surface area contributed by atoms with Crippen molar-refractivity contribution in [3.63, 3.8) is 0 Å². The Morgan fingerprint density at radius 2 is 2.27 bits per heavy atom. The van der Waals surface area contributed by atoms with E-state index < -0.39 is 18.0 Å². The first kappa shape index (κ1) is 9.51. The molecule has 0 aromatic heterocycles. The van der Waals surface area contributed by atoms with Gasteiger partial charge in [0.2, 0.25) is 6.10 Å². The molecule has 1 aliphatic rings. The molecule has 5 nitrogen and oxygen atoms in total. The highest BCUT2D eigenvalue weighted by molar-refractivity contribution is 5.98. The number of carbonyl (C=O) groups is 2. The van der Waals surface area contributed by atoms with E-state index >= 15 is 0 Å². The Bertz CT molecular complexity index is 437. The smallest absolute Gasteiger partial charge is 0.349 e. The number of fused-ring (bicyclic) bond motifs is 1. The van der Waals surface area contributed by atoms with E-state index in [1.54, 1.807) is 6.07 Å². The van der Waals surface area contributed by atoms with Crippen LogP contribution in [0.2, 0.25) is 0 Å². The van der Waals surface area contributed by atoms with E-state index in [0.29, 0.717) is 11.3 Å². The summed E-state index contributed by atoms with van der Waals surface area (Å²) in [5, 5.41) is 8.80. The first-order valence-electron chi connectivity index (χ1n) is 4.25. The molecule has 0 radical (unpaired) electrons. The van der Waals surface area contributed by atoms with Crippen LogP contribution in [-0.4, -0.2) is 24.2 Å². The molecule has 1 N–H and O–H groups in total. The van der Waals surface area contributed by atoms with Crippen LogP contribution in [0.25, 0.3) is 0 Å². The molecule has 0 saturated heterocycles. The second-order valence-electron chi connectivity index (χ2n) is 3.08. The van der Waals surface area contributed by atoms with Crippen molar-refractivity contribution in [2.45, 2.75) is 6.10 Å². The van der Waals surface area contributed by atoms with Crippen LogP contribution in [0.15, 0.2) is 18.2 Å². The van der Waals surface area contributed by atoms with E-state index in [-0.39, 0.29) is 5.56 Å². The van der Waals surface area contributed by atoms with Gasteiger partial charge in [0.1, 0.15) is 5.75 Å². The van der Waals surface area contributed by atoms with Crippen molar-refractivity contribution in [3.8, 4) is 5.75 Å². The molecule has 1 atom stereocenters. The van der Waals surface area contributed by atoms with Crippen LogP contribution < -0.4 is 4.74 Å². The number of hydrogen-bond donors (Lipinski definition) is 1. The van der Waals surface area contributed by atoms with Crippen molar-refractivity contribution in [2.24, 2.45) is 0 Å². The summed E-state index contributed by atoms with van der Waals surface area (Å²) in [6.45, 7) is 0. The molecule has 2 rings (SSSR count). The first-order chi connectivity index (χ1) is 7.13. The number of rotatable bonds is 2. The minimum Gasteiger partial charge on any atom is -0.497 e. The quantitative estimate of drug-likeness (QED) is 0.733. The van der Waals surface area contributed by atoms with E-state index in [1.807, 2.05) is 0 Å². The number of methoxy groups -OCH3 is 1. The summed E-state index contributed by atoms with van der Waals surface area (Å²) in [5.74, 6) is -1.31. The Morgan fingerprint density at radius 3 is 2.87 bits per heavy atom. The first-order valence-corrected chi connectivity index (χ1v) is 4.25. The SMILES string of the molecule is COc1ccc2c(c1)C(=O)OC2C(=O)O. The number of carboxylic acid groups (broad SMARTS) is 1. The van der Waals surface area contributed by atoms with Gasteiger partial charge in [-0.05, 0) is 12.1 Å². The Labute approximate surface area is 85.2 Å². The highest BCUT2D eigenvalue weighted by Crippen LogP contribution is 2.32. The maximum atomic E-state index is 11.3. The highest BCUT2D eigenvalue weighted by atomic mass is 16.6. The average molecular weight is 208 g/mol. The minimum atomic E-state index is -1.20. The predicted octanol–water partition coefficient (Wildman–Crippen LogP) is 0.991. The molecule has 0 amide bonds. The zero-order valence-corrected chi connectivity index (χ0v) is 7.89. The van der Waals surface area contributed by atoms with Crippen LogP contribution in [-0.2, 0) is 9.53 Å². The summed E-state index contributed by atoms with van der Waals surface area (Å²) in [6, 6.07) is 4.59. The molecule has 1 aromatic carbocycles. The second-order valence-corrected chi connectivity index (χ2v) is 3.08. The van der Waals surface area contributed by atoms with E-state index in [9.17, 15) is 9.59 Å². The Hall–Kier alpha value is -2.04. The van der Waals surface area contributed by atoms with E-state index in [4.69, 9.17) is 14.6 Å². The molecule has 5 heteroatoms. The molecule has 78 valence electrons. The Kier molecular flexibility index (Phi) is 2.07. The molecule has 1 aromatic rings. The summed E-state index contributed by atoms with van der Waals surface area (Å²) in [4.78, 5) is 22.1. The van der Waals surface area contributed by atoms with Crippen molar-refractivity contribution in [3.05, 3.63) is 29.3 Å². The Morgan fingerprint density at radius 1 is 1.53 bits per heavy atom. The van der Waals surface area contributed by atoms with Crippen LogP contribution in [0.4, 0.5) is 0 Å². The second kappa shape index (κ2) is 3.27. The maximum absolute atomic E-state index is 11.3. The third kappa shape index (κ3) is 1.41. The van der Waals surface area contributed by atoms with Crippen molar-refractivity contribution < 1.29 is 24.2 Å². The normalized spacial score (nSPS) is 18.2. The standard InChI is InChI=1S/C10H8O5/c1-14-5-2-3-6-7(4-5)10(13)15-8(6)9(11)12/h2-4,8H,1H3,(H,11,12). The summed E-state index contributed by atoms with van der Waals surface area (Å²) in [6.07, 6.45) is -1.20. The van der Waals surface area contributed by atoms with Crippen LogP contribution in [0.3, 0.4) is 0 Å². The zero-order valence-electron chi connectivity index (χ0n) is 7.89. The van der Waals surface area contributed by atoms with Gasteiger partial charge in [-0.2, -0.15) is 0 Å². The molecular weight excluding hydrogens is 200 g/mol. The van der Waals surface area contributed by atoms with Gasteiger partial charge in [0.25, 0.3) is 0 Å². The summed E-state index contributed by atoms with van der Waals surface area (Å²) in [5.41, 5.74) is 0.620. The van der Waals surface area contributed by atoms with E-state index in [0.717, 1.165) is 0 Å². The summed E-state index contributed by atoms with van der Waals surface area (Å²) < 4.78 is 9.63. The van der Waals surface area contributed by atoms with E-state index in [1.165, 1.54) is 19.2 Å². The molecule has 0 spiro atoms. The van der Waals surface area contributed by atoms with Crippen LogP contribution in [0.5, 0.6) is 5.75 Å². The maximum Gasteiger partial charge on any atom is 0.349 e. The van der Waals surface area contributed by atoms with Crippen molar-refractivity contribution >= 4 is 11.9 Å². The Balaban J connectivity index is 2.50. The fourth-order valence-corrected chi connectivity index (χ4v) is 1.49. The van der Waals surface area contributed by atoms with Gasteiger partial charge in [0.15, 0.2) is 0 Å². The van der Waals surface area contributed by atoms with Crippen molar-refractivity contribution in [2.75, 3.05) is 7.11 Å². The number of benzene rings is 1. The fourth-order valence-electron chi connectivity index (χ4n) is 1.49. The van der Waals surface area contributed by atoms with Crippen LogP contribution in [0, 0.1) is 0 Å². The highest BCUT2D eigenvalue weighted by Gasteiger charge is 2.36. The van der Waals surface area contributed by atoms with Gasteiger partial charge in [-0.3, -0.25) is 0 Å². The number of aliphatic carboxylic acids is 1. The summed E-state index contributed by atoms with van der Waals surface area (Å²) >= 11 is 0.